The Labute approximate surface area is 202 Å². The molecule has 1 heterocycles. The summed E-state index contributed by atoms with van der Waals surface area (Å²) in [6.45, 7) is 4.44. The van der Waals surface area contributed by atoms with Crippen LogP contribution < -0.4 is 10.9 Å². The number of hydrogen-bond acceptors (Lipinski definition) is 2. The Balaban J connectivity index is 1.66. The summed E-state index contributed by atoms with van der Waals surface area (Å²) in [5.41, 5.74) is 4.77. The largest absolute Gasteiger partial charge is 0.322 e. The van der Waals surface area contributed by atoms with E-state index in [0.29, 0.717) is 27.8 Å². The van der Waals surface area contributed by atoms with Crippen molar-refractivity contribution in [2.75, 3.05) is 5.32 Å². The number of carbonyl (C=O) groups is 1. The second kappa shape index (κ2) is 9.69. The molecule has 4 aromatic rings. The fraction of sp³-hybridized carbons (Fsp3) is 0.154. The molecule has 0 atom stereocenters. The zero-order valence-electron chi connectivity index (χ0n) is 18.3. The number of aromatic amines is 1. The Morgan fingerprint density at radius 3 is 2.21 bits per heavy atom. The Morgan fingerprint density at radius 1 is 0.909 bits per heavy atom. The number of aryl methyl sites for hydroxylation is 2. The number of urea groups is 1. The molecule has 0 unspecified atom stereocenters. The quantitative estimate of drug-likeness (QED) is 0.334. The lowest BCUT2D eigenvalue weighted by Gasteiger charge is -2.23. The lowest BCUT2D eigenvalue weighted by molar-refractivity contribution is 0.206. The molecular formula is C26H23Cl2N3O2. The maximum absolute atomic E-state index is 13.2. The Kier molecular flexibility index (Phi) is 6.72. The average molecular weight is 480 g/mol. The summed E-state index contributed by atoms with van der Waals surface area (Å²) in [6, 6.07) is 19.7. The third-order valence-corrected chi connectivity index (χ3v) is 6.16. The predicted molar refractivity (Wildman–Crippen MR) is 135 cm³/mol. The van der Waals surface area contributed by atoms with Gasteiger partial charge in [-0.1, -0.05) is 47.5 Å². The van der Waals surface area contributed by atoms with E-state index in [1.165, 1.54) is 0 Å². The molecule has 0 saturated heterocycles. The van der Waals surface area contributed by atoms with Crippen LogP contribution in [0.4, 0.5) is 10.5 Å². The molecule has 2 N–H and O–H groups in total. The summed E-state index contributed by atoms with van der Waals surface area (Å²) in [4.78, 5) is 30.7. The highest BCUT2D eigenvalue weighted by molar-refractivity contribution is 6.30. The smallest absolute Gasteiger partial charge is 0.321 e. The number of halogens is 2. The maximum atomic E-state index is 13.2. The zero-order chi connectivity index (χ0) is 23.5. The van der Waals surface area contributed by atoms with Crippen LogP contribution in [0.1, 0.15) is 22.3 Å². The van der Waals surface area contributed by atoms with Gasteiger partial charge in [-0.25, -0.2) is 4.79 Å². The van der Waals surface area contributed by atoms with Crippen molar-refractivity contribution >= 4 is 45.8 Å². The van der Waals surface area contributed by atoms with E-state index in [1.807, 2.05) is 44.2 Å². The van der Waals surface area contributed by atoms with Gasteiger partial charge in [0.05, 0.1) is 12.1 Å². The van der Waals surface area contributed by atoms with Crippen LogP contribution in [-0.4, -0.2) is 15.9 Å². The van der Waals surface area contributed by atoms with Crippen LogP contribution in [0.2, 0.25) is 10.0 Å². The van der Waals surface area contributed by atoms with Gasteiger partial charge in [0.15, 0.2) is 0 Å². The van der Waals surface area contributed by atoms with Crippen molar-refractivity contribution in [2.24, 2.45) is 0 Å². The van der Waals surface area contributed by atoms with Gasteiger partial charge >= 0.3 is 6.03 Å². The number of aromatic nitrogens is 1. The van der Waals surface area contributed by atoms with Crippen molar-refractivity contribution in [3.05, 3.63) is 109 Å². The maximum Gasteiger partial charge on any atom is 0.322 e. The molecule has 0 saturated carbocycles. The van der Waals surface area contributed by atoms with Gasteiger partial charge in [0.1, 0.15) is 0 Å². The van der Waals surface area contributed by atoms with E-state index in [-0.39, 0.29) is 18.1 Å². The molecule has 0 aliphatic heterocycles. The number of benzene rings is 3. The lowest BCUT2D eigenvalue weighted by atomic mass is 10.0. The molecule has 7 heteroatoms. The number of fused-ring (bicyclic) bond motifs is 1. The van der Waals surface area contributed by atoms with Crippen molar-refractivity contribution < 1.29 is 4.79 Å². The van der Waals surface area contributed by atoms with Gasteiger partial charge < -0.3 is 15.2 Å². The fourth-order valence-electron chi connectivity index (χ4n) is 3.64. The van der Waals surface area contributed by atoms with Gasteiger partial charge in [0, 0.05) is 27.8 Å². The van der Waals surface area contributed by atoms with E-state index in [1.54, 1.807) is 41.3 Å². The van der Waals surface area contributed by atoms with Gasteiger partial charge in [0.25, 0.3) is 5.56 Å². The highest BCUT2D eigenvalue weighted by atomic mass is 35.5. The highest BCUT2D eigenvalue weighted by Crippen LogP contribution is 2.21. The first-order valence-corrected chi connectivity index (χ1v) is 11.2. The molecule has 1 aromatic heterocycles. The standard InChI is InChI=1S/C26H23Cl2N3O2/c1-16-3-6-19-13-20(25(32)30-24(19)17(16)2)15-31(14-18-4-7-21(27)8-5-18)26(33)29-23-11-9-22(28)10-12-23/h3-13H,14-15H2,1-2H3,(H,29,33)(H,30,32). The predicted octanol–water partition coefficient (Wildman–Crippen LogP) is 6.69. The number of H-pyrrole nitrogens is 1. The first-order chi connectivity index (χ1) is 15.8. The molecule has 2 amide bonds. The van der Waals surface area contributed by atoms with Crippen molar-refractivity contribution in [3.63, 3.8) is 0 Å². The topological polar surface area (TPSA) is 65.2 Å². The van der Waals surface area contributed by atoms with Gasteiger partial charge in [-0.3, -0.25) is 4.79 Å². The van der Waals surface area contributed by atoms with Crippen LogP contribution >= 0.6 is 23.2 Å². The Bertz CT molecular complexity index is 1360. The summed E-state index contributed by atoms with van der Waals surface area (Å²) in [7, 11) is 0. The molecule has 0 aliphatic rings. The average Bonchev–Trinajstić information content (AvgIpc) is 2.80. The summed E-state index contributed by atoms with van der Waals surface area (Å²) in [5.74, 6) is 0. The Morgan fingerprint density at radius 2 is 1.55 bits per heavy atom. The van der Waals surface area contributed by atoms with Gasteiger partial charge in [-0.2, -0.15) is 0 Å². The van der Waals surface area contributed by atoms with E-state index in [9.17, 15) is 9.59 Å². The zero-order valence-corrected chi connectivity index (χ0v) is 19.8. The van der Waals surface area contributed by atoms with Crippen molar-refractivity contribution in [3.8, 4) is 0 Å². The summed E-state index contributed by atoms with van der Waals surface area (Å²) < 4.78 is 0. The molecule has 5 nitrogen and oxygen atoms in total. The molecule has 33 heavy (non-hydrogen) atoms. The molecule has 168 valence electrons. The van der Waals surface area contributed by atoms with E-state index in [2.05, 4.69) is 10.3 Å². The Hall–Kier alpha value is -3.28. The SMILES string of the molecule is Cc1ccc2cc(CN(Cc3ccc(Cl)cc3)C(=O)Nc3ccc(Cl)cc3)c(=O)[nH]c2c1C. The van der Waals surface area contributed by atoms with E-state index >= 15 is 0 Å². The molecule has 3 aromatic carbocycles. The van der Waals surface area contributed by atoms with Crippen molar-refractivity contribution in [1.29, 1.82) is 0 Å². The molecule has 0 bridgehead atoms. The third-order valence-electron chi connectivity index (χ3n) is 5.66. The molecule has 0 fully saturated rings. The van der Waals surface area contributed by atoms with Crippen LogP contribution in [0.15, 0.2) is 71.5 Å². The molecule has 4 rings (SSSR count). The minimum Gasteiger partial charge on any atom is -0.321 e. The van der Waals surface area contributed by atoms with E-state index in [0.717, 1.165) is 27.6 Å². The third kappa shape index (κ3) is 5.38. The monoisotopic (exact) mass is 479 g/mol. The van der Waals surface area contributed by atoms with Crippen LogP contribution in [0, 0.1) is 13.8 Å². The first-order valence-electron chi connectivity index (χ1n) is 10.5. The van der Waals surface area contributed by atoms with E-state index in [4.69, 9.17) is 23.2 Å². The van der Waals surface area contributed by atoms with Gasteiger partial charge in [-0.05, 0) is 78.4 Å². The van der Waals surface area contributed by atoms with Crippen LogP contribution in [0.25, 0.3) is 10.9 Å². The number of nitrogens with one attached hydrogen (secondary N) is 2. The van der Waals surface area contributed by atoms with Gasteiger partial charge in [0.2, 0.25) is 0 Å². The summed E-state index contributed by atoms with van der Waals surface area (Å²) in [6.07, 6.45) is 0. The second-order valence-electron chi connectivity index (χ2n) is 8.01. The normalized spacial score (nSPS) is 10.9. The molecule has 0 radical (unpaired) electrons. The minimum atomic E-state index is -0.327. The van der Waals surface area contributed by atoms with Crippen molar-refractivity contribution in [2.45, 2.75) is 26.9 Å². The van der Waals surface area contributed by atoms with Crippen LogP contribution in [0.5, 0.6) is 0 Å². The molecule has 0 spiro atoms. The molecule has 0 aliphatic carbocycles. The van der Waals surface area contributed by atoms with E-state index < -0.39 is 0 Å². The second-order valence-corrected chi connectivity index (χ2v) is 8.89. The number of pyridine rings is 1. The number of hydrogen-bond donors (Lipinski definition) is 2. The number of carbonyl (C=O) groups excluding carboxylic acids is 1. The first kappa shape index (κ1) is 22.9. The van der Waals surface area contributed by atoms with Crippen molar-refractivity contribution in [1.82, 2.24) is 9.88 Å². The molecular weight excluding hydrogens is 457 g/mol. The van der Waals surface area contributed by atoms with Crippen LogP contribution in [-0.2, 0) is 13.1 Å². The summed E-state index contributed by atoms with van der Waals surface area (Å²) in [5, 5.41) is 5.01. The lowest BCUT2D eigenvalue weighted by Crippen LogP contribution is -2.35. The number of rotatable bonds is 5. The number of nitrogens with zero attached hydrogens (tertiary/aromatic N) is 1. The van der Waals surface area contributed by atoms with Crippen LogP contribution in [0.3, 0.4) is 0 Å². The fourth-order valence-corrected chi connectivity index (χ4v) is 3.89. The van der Waals surface area contributed by atoms with Gasteiger partial charge in [-0.15, -0.1) is 0 Å². The minimum absolute atomic E-state index is 0.139. The summed E-state index contributed by atoms with van der Waals surface area (Å²) >= 11 is 12.0. The number of amides is 2. The highest BCUT2D eigenvalue weighted by Gasteiger charge is 2.18. The number of anilines is 1.